The van der Waals surface area contributed by atoms with Gasteiger partial charge in [0.05, 0.1) is 22.3 Å². The minimum atomic E-state index is -4.49. The number of halogens is 3. The van der Waals surface area contributed by atoms with E-state index in [0.29, 0.717) is 16.6 Å². The summed E-state index contributed by atoms with van der Waals surface area (Å²) in [5.41, 5.74) is 1.60. The lowest BCUT2D eigenvalue weighted by Crippen LogP contribution is -2.25. The van der Waals surface area contributed by atoms with Crippen molar-refractivity contribution in [1.82, 2.24) is 9.88 Å². The molecule has 1 amide bonds. The summed E-state index contributed by atoms with van der Waals surface area (Å²) in [6.45, 7) is 0.142. The van der Waals surface area contributed by atoms with Crippen molar-refractivity contribution in [1.29, 1.82) is 0 Å². The van der Waals surface area contributed by atoms with Crippen LogP contribution in [-0.4, -0.2) is 21.6 Å². The number of aromatic nitrogens is 1. The second-order valence-corrected chi connectivity index (χ2v) is 7.69. The van der Waals surface area contributed by atoms with Crippen molar-refractivity contribution in [2.75, 3.05) is 5.32 Å². The molecule has 0 saturated heterocycles. The van der Waals surface area contributed by atoms with Gasteiger partial charge in [-0.2, -0.15) is 13.2 Å². The molecule has 1 aromatic heterocycles. The maximum Gasteiger partial charge on any atom is 0.416 e. The molecule has 3 aromatic carbocycles. The van der Waals surface area contributed by atoms with E-state index >= 15 is 0 Å². The highest BCUT2D eigenvalue weighted by molar-refractivity contribution is 6.09. The number of hydrogen-bond donors (Lipinski definition) is 3. The number of hydrogen-bond acceptors (Lipinski definition) is 3. The standard InChI is InChI=1S/C25H20F3N3O3/c1-31-20-8-3-2-7-19(20)21(30-18-6-4-5-17(13-18)25(26,27)28)22(31)23(32)29-14-15-9-11-16(12-10-15)24(33)34/h2-13,30H,14H2,1H3,(H,29,32)(H,33,34). The van der Waals surface area contributed by atoms with Crippen molar-refractivity contribution >= 4 is 34.2 Å². The lowest BCUT2D eigenvalue weighted by atomic mass is 10.1. The number of carbonyl (C=O) groups excluding carboxylic acids is 1. The van der Waals surface area contributed by atoms with E-state index in [-0.39, 0.29) is 23.5 Å². The van der Waals surface area contributed by atoms with Gasteiger partial charge in [-0.3, -0.25) is 4.79 Å². The SMILES string of the molecule is Cn1c(C(=O)NCc2ccc(C(=O)O)cc2)c(Nc2cccc(C(F)(F)F)c2)c2ccccc21. The summed E-state index contributed by atoms with van der Waals surface area (Å²) < 4.78 is 41.2. The van der Waals surface area contributed by atoms with E-state index in [9.17, 15) is 22.8 Å². The zero-order valence-electron chi connectivity index (χ0n) is 18.0. The third-order valence-electron chi connectivity index (χ3n) is 5.44. The number of carboxylic acids is 1. The van der Waals surface area contributed by atoms with Crippen LogP contribution in [0.2, 0.25) is 0 Å². The Morgan fingerprint density at radius 3 is 2.35 bits per heavy atom. The molecule has 9 heteroatoms. The maximum absolute atomic E-state index is 13.2. The van der Waals surface area contributed by atoms with E-state index in [1.165, 1.54) is 24.3 Å². The van der Waals surface area contributed by atoms with Gasteiger partial charge < -0.3 is 20.3 Å². The van der Waals surface area contributed by atoms with Crippen LogP contribution in [0.5, 0.6) is 0 Å². The van der Waals surface area contributed by atoms with Crippen molar-refractivity contribution in [3.8, 4) is 0 Å². The van der Waals surface area contributed by atoms with Crippen LogP contribution >= 0.6 is 0 Å². The molecule has 0 spiro atoms. The summed E-state index contributed by atoms with van der Waals surface area (Å²) in [4.78, 5) is 24.2. The van der Waals surface area contributed by atoms with Gasteiger partial charge in [-0.05, 0) is 42.0 Å². The van der Waals surface area contributed by atoms with Gasteiger partial charge >= 0.3 is 12.1 Å². The van der Waals surface area contributed by atoms with Crippen LogP contribution in [-0.2, 0) is 19.8 Å². The van der Waals surface area contributed by atoms with Crippen LogP contribution < -0.4 is 10.6 Å². The summed E-state index contributed by atoms with van der Waals surface area (Å²) in [7, 11) is 1.70. The number of rotatable bonds is 6. The van der Waals surface area contributed by atoms with Crippen molar-refractivity contribution in [2.45, 2.75) is 12.7 Å². The Morgan fingerprint density at radius 2 is 1.68 bits per heavy atom. The fourth-order valence-electron chi connectivity index (χ4n) is 3.73. The molecule has 174 valence electrons. The van der Waals surface area contributed by atoms with Crippen molar-refractivity contribution in [3.63, 3.8) is 0 Å². The Hall–Kier alpha value is -4.27. The molecule has 0 aliphatic heterocycles. The first-order valence-corrected chi connectivity index (χ1v) is 10.3. The Balaban J connectivity index is 1.66. The molecule has 4 aromatic rings. The fraction of sp³-hybridized carbons (Fsp3) is 0.120. The quantitative estimate of drug-likeness (QED) is 0.346. The number of carboxylic acid groups (broad SMARTS) is 1. The Bertz CT molecular complexity index is 1380. The first-order valence-electron chi connectivity index (χ1n) is 10.3. The van der Waals surface area contributed by atoms with Crippen molar-refractivity contribution in [2.24, 2.45) is 7.05 Å². The molecule has 0 fully saturated rings. The summed E-state index contributed by atoms with van der Waals surface area (Å²) in [5, 5.41) is 15.5. The van der Waals surface area contributed by atoms with E-state index < -0.39 is 23.6 Å². The topological polar surface area (TPSA) is 83.4 Å². The van der Waals surface area contributed by atoms with Crippen LogP contribution in [0.15, 0.2) is 72.8 Å². The summed E-state index contributed by atoms with van der Waals surface area (Å²) >= 11 is 0. The third-order valence-corrected chi connectivity index (χ3v) is 5.44. The molecule has 0 atom stereocenters. The van der Waals surface area contributed by atoms with E-state index in [4.69, 9.17) is 5.11 Å². The number of benzene rings is 3. The lowest BCUT2D eigenvalue weighted by Gasteiger charge is -2.13. The van der Waals surface area contributed by atoms with Gasteiger partial charge in [0.2, 0.25) is 0 Å². The van der Waals surface area contributed by atoms with Crippen LogP contribution in [0.25, 0.3) is 10.9 Å². The molecular formula is C25H20F3N3O3. The molecule has 0 saturated carbocycles. The summed E-state index contributed by atoms with van der Waals surface area (Å²) in [6.07, 6.45) is -4.49. The van der Waals surface area contributed by atoms with Gasteiger partial charge in [-0.15, -0.1) is 0 Å². The highest BCUT2D eigenvalue weighted by Gasteiger charge is 2.30. The van der Waals surface area contributed by atoms with Gasteiger partial charge in [-0.25, -0.2) is 4.79 Å². The van der Waals surface area contributed by atoms with Gasteiger partial charge in [0.1, 0.15) is 5.69 Å². The minimum Gasteiger partial charge on any atom is -0.478 e. The second kappa shape index (κ2) is 8.93. The van der Waals surface area contributed by atoms with Gasteiger partial charge in [0.15, 0.2) is 0 Å². The zero-order chi connectivity index (χ0) is 24.5. The third kappa shape index (κ3) is 4.59. The second-order valence-electron chi connectivity index (χ2n) is 7.69. The number of anilines is 2. The van der Waals surface area contributed by atoms with Gasteiger partial charge in [-0.1, -0.05) is 36.4 Å². The zero-order valence-corrected chi connectivity index (χ0v) is 18.0. The highest BCUT2D eigenvalue weighted by atomic mass is 19.4. The number of aryl methyl sites for hydroxylation is 1. The van der Waals surface area contributed by atoms with Crippen molar-refractivity contribution in [3.05, 3.63) is 95.2 Å². The predicted octanol–water partition coefficient (Wildman–Crippen LogP) is 5.57. The maximum atomic E-state index is 13.2. The average Bonchev–Trinajstić information content (AvgIpc) is 3.09. The molecule has 4 rings (SSSR count). The van der Waals surface area contributed by atoms with Crippen molar-refractivity contribution < 1.29 is 27.9 Å². The molecule has 1 heterocycles. The molecule has 0 aliphatic carbocycles. The predicted molar refractivity (Wildman–Crippen MR) is 122 cm³/mol. The average molecular weight is 467 g/mol. The molecular weight excluding hydrogens is 447 g/mol. The van der Waals surface area contributed by atoms with Gasteiger partial charge in [0.25, 0.3) is 5.91 Å². The number of amides is 1. The first kappa shape index (κ1) is 22.9. The molecule has 3 N–H and O–H groups in total. The minimum absolute atomic E-state index is 0.135. The fourth-order valence-corrected chi connectivity index (χ4v) is 3.73. The Morgan fingerprint density at radius 1 is 0.971 bits per heavy atom. The van der Waals surface area contributed by atoms with E-state index in [1.807, 2.05) is 12.1 Å². The van der Waals surface area contributed by atoms with E-state index in [1.54, 1.807) is 35.9 Å². The number of fused-ring (bicyclic) bond motifs is 1. The largest absolute Gasteiger partial charge is 0.478 e. The number of alkyl halides is 3. The molecule has 6 nitrogen and oxygen atoms in total. The van der Waals surface area contributed by atoms with Crippen LogP contribution in [0.3, 0.4) is 0 Å². The number of nitrogens with one attached hydrogen (secondary N) is 2. The van der Waals surface area contributed by atoms with Crippen LogP contribution in [0, 0.1) is 0 Å². The Labute approximate surface area is 192 Å². The van der Waals surface area contributed by atoms with Crippen LogP contribution in [0.4, 0.5) is 24.5 Å². The molecule has 0 aliphatic rings. The Kier molecular flexibility index (Phi) is 6.02. The van der Waals surface area contributed by atoms with E-state index in [2.05, 4.69) is 10.6 Å². The molecule has 34 heavy (non-hydrogen) atoms. The summed E-state index contributed by atoms with van der Waals surface area (Å²) in [5.74, 6) is -1.48. The number of aromatic carboxylic acids is 1. The smallest absolute Gasteiger partial charge is 0.416 e. The van der Waals surface area contributed by atoms with E-state index in [0.717, 1.165) is 17.6 Å². The first-order chi connectivity index (χ1) is 16.1. The number of nitrogens with zero attached hydrogens (tertiary/aromatic N) is 1. The molecule has 0 unspecified atom stereocenters. The normalized spacial score (nSPS) is 11.4. The monoisotopic (exact) mass is 467 g/mol. The summed E-state index contributed by atoms with van der Waals surface area (Å²) in [6, 6.07) is 18.1. The lowest BCUT2D eigenvalue weighted by molar-refractivity contribution is -0.137. The molecule has 0 bridgehead atoms. The number of para-hydroxylation sites is 1. The van der Waals surface area contributed by atoms with Crippen LogP contribution in [0.1, 0.15) is 32.0 Å². The molecule has 0 radical (unpaired) electrons. The van der Waals surface area contributed by atoms with Gasteiger partial charge in [0, 0.05) is 24.7 Å². The number of carbonyl (C=O) groups is 2. The highest BCUT2D eigenvalue weighted by Crippen LogP contribution is 2.35.